The van der Waals surface area contributed by atoms with Crippen LogP contribution in [-0.4, -0.2) is 17.7 Å². The summed E-state index contributed by atoms with van der Waals surface area (Å²) in [5.74, 6) is -0.936. The Labute approximate surface area is 89.7 Å². The maximum atomic E-state index is 11.1. The number of ether oxygens (including phenoxy) is 1. The highest BCUT2D eigenvalue weighted by atomic mass is 16.5. The number of hydrogen-bond donors (Lipinski definition) is 1. The molecule has 0 bridgehead atoms. The number of carbonyl (C=O) groups is 1. The molecule has 1 unspecified atom stereocenters. The summed E-state index contributed by atoms with van der Waals surface area (Å²) in [4.78, 5) is 11.1. The van der Waals surface area contributed by atoms with Crippen LogP contribution in [0.1, 0.15) is 29.7 Å². The Hall–Kier alpha value is -1.35. The number of hydrogen-bond acceptors (Lipinski definition) is 2. The van der Waals surface area contributed by atoms with E-state index in [9.17, 15) is 4.79 Å². The van der Waals surface area contributed by atoms with E-state index in [0.717, 1.165) is 16.7 Å². The van der Waals surface area contributed by atoms with Gasteiger partial charge in [-0.15, -0.1) is 0 Å². The molecule has 3 heteroatoms. The molecule has 0 amide bonds. The van der Waals surface area contributed by atoms with Gasteiger partial charge in [-0.2, -0.15) is 0 Å². The van der Waals surface area contributed by atoms with Crippen molar-refractivity contribution in [1.82, 2.24) is 0 Å². The van der Waals surface area contributed by atoms with E-state index in [4.69, 9.17) is 9.84 Å². The normalized spacial score (nSPS) is 12.5. The Morgan fingerprint density at radius 2 is 1.93 bits per heavy atom. The summed E-state index contributed by atoms with van der Waals surface area (Å²) >= 11 is 0. The van der Waals surface area contributed by atoms with Crippen LogP contribution in [0.15, 0.2) is 18.2 Å². The van der Waals surface area contributed by atoms with Gasteiger partial charge in [-0.25, -0.2) is 4.79 Å². The van der Waals surface area contributed by atoms with Gasteiger partial charge >= 0.3 is 5.97 Å². The second-order valence-corrected chi connectivity index (χ2v) is 3.48. The fourth-order valence-corrected chi connectivity index (χ4v) is 1.69. The van der Waals surface area contributed by atoms with Crippen LogP contribution in [-0.2, 0) is 9.53 Å². The second-order valence-electron chi connectivity index (χ2n) is 3.48. The fourth-order valence-electron chi connectivity index (χ4n) is 1.69. The van der Waals surface area contributed by atoms with E-state index in [-0.39, 0.29) is 0 Å². The van der Waals surface area contributed by atoms with Gasteiger partial charge < -0.3 is 9.84 Å². The lowest BCUT2D eigenvalue weighted by Crippen LogP contribution is -2.17. The van der Waals surface area contributed by atoms with Crippen molar-refractivity contribution >= 4 is 5.97 Å². The van der Waals surface area contributed by atoms with Gasteiger partial charge in [0.1, 0.15) is 0 Å². The van der Waals surface area contributed by atoms with Crippen LogP contribution in [0.3, 0.4) is 0 Å². The van der Waals surface area contributed by atoms with E-state index >= 15 is 0 Å². The molecule has 15 heavy (non-hydrogen) atoms. The minimum absolute atomic E-state index is 0.394. The summed E-state index contributed by atoms with van der Waals surface area (Å²) in [5, 5.41) is 9.08. The Bertz CT molecular complexity index is 338. The lowest BCUT2D eigenvalue weighted by molar-refractivity contribution is -0.150. The highest BCUT2D eigenvalue weighted by molar-refractivity contribution is 5.75. The van der Waals surface area contributed by atoms with Crippen molar-refractivity contribution in [3.8, 4) is 0 Å². The molecule has 1 aromatic rings. The second kappa shape index (κ2) is 4.94. The molecule has 0 aromatic heterocycles. The van der Waals surface area contributed by atoms with Crippen molar-refractivity contribution in [2.24, 2.45) is 0 Å². The van der Waals surface area contributed by atoms with Crippen molar-refractivity contribution < 1.29 is 14.6 Å². The highest BCUT2D eigenvalue weighted by Crippen LogP contribution is 2.24. The smallest absolute Gasteiger partial charge is 0.337 e. The first-order valence-electron chi connectivity index (χ1n) is 4.98. The number of rotatable bonds is 4. The SMILES string of the molecule is CCOC(C(=O)O)c1c(C)cccc1C. The molecular weight excluding hydrogens is 192 g/mol. The third-order valence-corrected chi connectivity index (χ3v) is 2.36. The third-order valence-electron chi connectivity index (χ3n) is 2.36. The van der Waals surface area contributed by atoms with Crippen LogP contribution >= 0.6 is 0 Å². The highest BCUT2D eigenvalue weighted by Gasteiger charge is 2.23. The molecule has 0 fully saturated rings. The molecule has 1 atom stereocenters. The molecule has 0 radical (unpaired) electrons. The van der Waals surface area contributed by atoms with Gasteiger partial charge in [0.2, 0.25) is 0 Å². The molecule has 0 aliphatic heterocycles. The minimum atomic E-state index is -0.936. The first-order valence-corrected chi connectivity index (χ1v) is 4.98. The predicted octanol–water partition coefficient (Wildman–Crippen LogP) is 2.47. The van der Waals surface area contributed by atoms with E-state index in [0.29, 0.717) is 6.61 Å². The average molecular weight is 208 g/mol. The average Bonchev–Trinajstić information content (AvgIpc) is 2.15. The zero-order valence-corrected chi connectivity index (χ0v) is 9.28. The van der Waals surface area contributed by atoms with E-state index < -0.39 is 12.1 Å². The quantitative estimate of drug-likeness (QED) is 0.826. The lowest BCUT2D eigenvalue weighted by atomic mass is 9.98. The Morgan fingerprint density at radius 1 is 1.40 bits per heavy atom. The fraction of sp³-hybridized carbons (Fsp3) is 0.417. The molecule has 82 valence electrons. The molecule has 3 nitrogen and oxygen atoms in total. The van der Waals surface area contributed by atoms with Crippen LogP contribution in [0.5, 0.6) is 0 Å². The summed E-state index contributed by atoms with van der Waals surface area (Å²) in [6.45, 7) is 5.99. The van der Waals surface area contributed by atoms with Gasteiger partial charge in [0.25, 0.3) is 0 Å². The third kappa shape index (κ3) is 2.57. The molecule has 0 spiro atoms. The van der Waals surface area contributed by atoms with E-state index in [1.165, 1.54) is 0 Å². The van der Waals surface area contributed by atoms with Crippen molar-refractivity contribution in [3.05, 3.63) is 34.9 Å². The maximum Gasteiger partial charge on any atom is 0.337 e. The zero-order chi connectivity index (χ0) is 11.4. The van der Waals surface area contributed by atoms with Gasteiger partial charge in [0.05, 0.1) is 0 Å². The lowest BCUT2D eigenvalue weighted by Gasteiger charge is -2.17. The zero-order valence-electron chi connectivity index (χ0n) is 9.28. The molecule has 0 heterocycles. The predicted molar refractivity (Wildman–Crippen MR) is 57.9 cm³/mol. The number of benzene rings is 1. The number of aliphatic carboxylic acids is 1. The number of carboxylic acids is 1. The van der Waals surface area contributed by atoms with Crippen molar-refractivity contribution in [2.75, 3.05) is 6.61 Å². The maximum absolute atomic E-state index is 11.1. The van der Waals surface area contributed by atoms with Crippen LogP contribution in [0.25, 0.3) is 0 Å². The summed E-state index contributed by atoms with van der Waals surface area (Å²) in [7, 11) is 0. The monoisotopic (exact) mass is 208 g/mol. The number of carboxylic acid groups (broad SMARTS) is 1. The topological polar surface area (TPSA) is 46.5 Å². The van der Waals surface area contributed by atoms with Crippen LogP contribution in [0.4, 0.5) is 0 Å². The van der Waals surface area contributed by atoms with Crippen molar-refractivity contribution in [3.63, 3.8) is 0 Å². The first-order chi connectivity index (χ1) is 7.07. The molecule has 0 aliphatic carbocycles. The van der Waals surface area contributed by atoms with Gasteiger partial charge in [-0.05, 0) is 37.5 Å². The molecule has 0 aliphatic rings. The molecule has 0 saturated carbocycles. The molecular formula is C12H16O3. The van der Waals surface area contributed by atoms with E-state index in [1.54, 1.807) is 6.92 Å². The summed E-state index contributed by atoms with van der Waals surface area (Å²) < 4.78 is 5.25. The molecule has 1 aromatic carbocycles. The van der Waals surface area contributed by atoms with Gasteiger partial charge in [-0.1, -0.05) is 18.2 Å². The number of aryl methyl sites for hydroxylation is 2. The van der Waals surface area contributed by atoms with E-state index in [2.05, 4.69) is 0 Å². The molecule has 1 rings (SSSR count). The Balaban J connectivity index is 3.15. The van der Waals surface area contributed by atoms with Gasteiger partial charge in [0.15, 0.2) is 6.10 Å². The van der Waals surface area contributed by atoms with Crippen LogP contribution in [0.2, 0.25) is 0 Å². The standard InChI is InChI=1S/C12H16O3/c1-4-15-11(12(13)14)10-8(2)6-5-7-9(10)3/h5-7,11H,4H2,1-3H3,(H,13,14). The van der Waals surface area contributed by atoms with Crippen molar-refractivity contribution in [1.29, 1.82) is 0 Å². The summed E-state index contributed by atoms with van der Waals surface area (Å²) in [6, 6.07) is 5.72. The van der Waals surface area contributed by atoms with Crippen LogP contribution < -0.4 is 0 Å². The van der Waals surface area contributed by atoms with Gasteiger partial charge in [0, 0.05) is 6.61 Å². The Kier molecular flexibility index (Phi) is 3.86. The van der Waals surface area contributed by atoms with Crippen molar-refractivity contribution in [2.45, 2.75) is 26.9 Å². The summed E-state index contributed by atoms with van der Waals surface area (Å²) in [5.41, 5.74) is 2.68. The first kappa shape index (κ1) is 11.7. The van der Waals surface area contributed by atoms with Crippen LogP contribution in [0, 0.1) is 13.8 Å². The largest absolute Gasteiger partial charge is 0.479 e. The van der Waals surface area contributed by atoms with E-state index in [1.807, 2.05) is 32.0 Å². The summed E-state index contributed by atoms with van der Waals surface area (Å²) in [6.07, 6.45) is -0.851. The minimum Gasteiger partial charge on any atom is -0.479 e. The Morgan fingerprint density at radius 3 is 2.33 bits per heavy atom. The van der Waals surface area contributed by atoms with Gasteiger partial charge in [-0.3, -0.25) is 0 Å². The molecule has 0 saturated heterocycles. The molecule has 1 N–H and O–H groups in total.